The number of amides is 2. The van der Waals surface area contributed by atoms with E-state index in [-0.39, 0.29) is 0 Å². The number of carboxylic acids is 1. The van der Waals surface area contributed by atoms with Gasteiger partial charge in [0.1, 0.15) is 116 Å². The van der Waals surface area contributed by atoms with Crippen LogP contribution < -0.4 is 10.6 Å². The van der Waals surface area contributed by atoms with Gasteiger partial charge in [-0.25, -0.2) is 4.79 Å². The molecule has 5 rings (SSSR count). The van der Waals surface area contributed by atoms with Crippen LogP contribution in [0.25, 0.3) is 0 Å². The monoisotopic (exact) mass is 998 g/mol. The van der Waals surface area contributed by atoms with E-state index in [4.69, 9.17) is 42.6 Å². The third-order valence-corrected chi connectivity index (χ3v) is 12.1. The molecule has 68 heavy (non-hydrogen) atoms. The SMILES string of the molecule is CC(=O)N[C@H]1[C@H](O[C@@H]2[C@H](O[C@]3(C(=O)O)C[C@H](O)[C@@H](NC(C)=O)[C@H]([C@H](O)[C@H](O)CO)O3)[C@@H](O)[C@H](O[C@H]3[C@H](O)[C@@H](O)[C@H](O)O[C@@H]3CO)O[C@@H]2CO)O[C@H](CO)[C@@H](O[C@@H]2O[C@H](CO)[C@H](O)[C@H](O)[C@H]2O)[C@@H]1O. The number of ether oxygens (including phenoxy) is 9. The minimum absolute atomic E-state index is 0.853. The van der Waals surface area contributed by atoms with Gasteiger partial charge in [0.2, 0.25) is 11.8 Å². The zero-order chi connectivity index (χ0) is 50.7. The van der Waals surface area contributed by atoms with Crippen LogP contribution in [0.5, 0.6) is 0 Å². The molecule has 2 amide bonds. The number of carbonyl (C=O) groups excluding carboxylic acids is 2. The quantitative estimate of drug-likeness (QED) is 0.0606. The molecule has 5 fully saturated rings. The van der Waals surface area contributed by atoms with Gasteiger partial charge < -0.3 is 140 Å². The normalized spacial score (nSPS) is 46.6. The Bertz CT molecular complexity index is 1650. The lowest BCUT2D eigenvalue weighted by atomic mass is 9.88. The number of rotatable bonds is 18. The number of carboxylic acid groups (broad SMARTS) is 1. The Kier molecular flexibility index (Phi) is 19.7. The van der Waals surface area contributed by atoms with Crippen LogP contribution in [0.2, 0.25) is 0 Å². The Morgan fingerprint density at radius 3 is 1.60 bits per heavy atom. The van der Waals surface area contributed by atoms with Crippen molar-refractivity contribution in [2.45, 2.75) is 179 Å². The van der Waals surface area contributed by atoms with Crippen molar-refractivity contribution in [3.8, 4) is 0 Å². The lowest BCUT2D eigenvalue weighted by Gasteiger charge is -2.52. The number of hydrogen-bond donors (Lipinski definition) is 19. The molecule has 5 aliphatic heterocycles. The van der Waals surface area contributed by atoms with Crippen molar-refractivity contribution in [1.29, 1.82) is 0 Å². The molecule has 5 heterocycles. The molecule has 0 aromatic rings. The minimum Gasteiger partial charge on any atom is -0.477 e. The van der Waals surface area contributed by atoms with Crippen LogP contribution in [0, 0.1) is 0 Å². The number of hydrogen-bond acceptors (Lipinski definition) is 28. The van der Waals surface area contributed by atoms with E-state index < -0.39 is 216 Å². The van der Waals surface area contributed by atoms with Gasteiger partial charge in [0.15, 0.2) is 25.2 Å². The van der Waals surface area contributed by atoms with Crippen LogP contribution in [0.15, 0.2) is 0 Å². The largest absolute Gasteiger partial charge is 0.477 e. The van der Waals surface area contributed by atoms with Gasteiger partial charge in [-0.15, -0.1) is 0 Å². The summed E-state index contributed by atoms with van der Waals surface area (Å²) < 4.78 is 51.4. The van der Waals surface area contributed by atoms with Gasteiger partial charge in [-0.3, -0.25) is 9.59 Å². The molecule has 0 bridgehead atoms. The fraction of sp³-hybridized carbons (Fsp3) is 0.919. The van der Waals surface area contributed by atoms with Crippen LogP contribution in [0.3, 0.4) is 0 Å². The molecule has 5 saturated heterocycles. The summed E-state index contributed by atoms with van der Waals surface area (Å²) in [6.07, 6.45) is -48.1. The maximum atomic E-state index is 13.4. The van der Waals surface area contributed by atoms with Crippen LogP contribution in [-0.4, -0.2) is 297 Å². The topological polar surface area (TPSA) is 502 Å². The van der Waals surface area contributed by atoms with E-state index >= 15 is 0 Å². The molecular weight excluding hydrogens is 936 g/mol. The van der Waals surface area contributed by atoms with Gasteiger partial charge in [0, 0.05) is 20.3 Å². The molecule has 26 atom stereocenters. The second kappa shape index (κ2) is 23.8. The van der Waals surface area contributed by atoms with E-state index in [1.165, 1.54) is 0 Å². The third-order valence-electron chi connectivity index (χ3n) is 12.1. The van der Waals surface area contributed by atoms with Gasteiger partial charge in [-0.1, -0.05) is 0 Å². The summed E-state index contributed by atoms with van der Waals surface area (Å²) in [5.74, 6) is -7.20. The second-order valence-corrected chi connectivity index (χ2v) is 16.8. The molecule has 0 aromatic carbocycles. The number of aliphatic hydroxyl groups is 16. The predicted octanol–water partition coefficient (Wildman–Crippen LogP) is -12.4. The Labute approximate surface area is 384 Å². The van der Waals surface area contributed by atoms with E-state index in [2.05, 4.69) is 10.6 Å². The summed E-state index contributed by atoms with van der Waals surface area (Å²) in [6, 6.07) is -3.59. The van der Waals surface area contributed by atoms with E-state index in [9.17, 15) is 101 Å². The fourth-order valence-corrected chi connectivity index (χ4v) is 8.54. The van der Waals surface area contributed by atoms with Crippen molar-refractivity contribution in [2.24, 2.45) is 0 Å². The summed E-state index contributed by atoms with van der Waals surface area (Å²) in [6.45, 7) is -3.43. The highest BCUT2D eigenvalue weighted by atomic mass is 16.8. The van der Waals surface area contributed by atoms with Crippen molar-refractivity contribution in [1.82, 2.24) is 10.6 Å². The molecular formula is C37H62N2O29. The van der Waals surface area contributed by atoms with Crippen LogP contribution >= 0.6 is 0 Å². The highest BCUT2D eigenvalue weighted by molar-refractivity contribution is 5.76. The maximum absolute atomic E-state index is 13.4. The number of nitrogens with one attached hydrogen (secondary N) is 2. The Morgan fingerprint density at radius 1 is 0.574 bits per heavy atom. The lowest BCUT2D eigenvalue weighted by molar-refractivity contribution is -0.402. The molecule has 0 aromatic heterocycles. The Morgan fingerprint density at radius 2 is 1.06 bits per heavy atom. The van der Waals surface area contributed by atoms with Crippen molar-refractivity contribution >= 4 is 17.8 Å². The first-order valence-corrected chi connectivity index (χ1v) is 21.2. The van der Waals surface area contributed by atoms with Crippen molar-refractivity contribution < 1.29 is 144 Å². The number of aliphatic hydroxyl groups excluding tert-OH is 16. The predicted molar refractivity (Wildman–Crippen MR) is 207 cm³/mol. The summed E-state index contributed by atoms with van der Waals surface area (Å²) in [4.78, 5) is 38.1. The minimum atomic E-state index is -3.31. The molecule has 0 spiro atoms. The fourth-order valence-electron chi connectivity index (χ4n) is 8.54. The lowest BCUT2D eigenvalue weighted by Crippen LogP contribution is -2.72. The summed E-state index contributed by atoms with van der Waals surface area (Å²) in [7, 11) is 0. The first-order valence-electron chi connectivity index (χ1n) is 21.2. The number of carbonyl (C=O) groups is 3. The average Bonchev–Trinajstić information content (AvgIpc) is 3.29. The molecule has 0 aliphatic carbocycles. The summed E-state index contributed by atoms with van der Waals surface area (Å²) in [5.41, 5.74) is 0. The molecule has 31 nitrogen and oxygen atoms in total. The van der Waals surface area contributed by atoms with Gasteiger partial charge >= 0.3 is 5.97 Å². The Hall–Kier alpha value is -2.59. The smallest absolute Gasteiger partial charge is 0.364 e. The highest BCUT2D eigenvalue weighted by Gasteiger charge is 2.62. The Balaban J connectivity index is 1.57. The number of aliphatic carboxylic acids is 1. The molecule has 0 radical (unpaired) electrons. The molecule has 0 saturated carbocycles. The van der Waals surface area contributed by atoms with Crippen LogP contribution in [-0.2, 0) is 57.0 Å². The van der Waals surface area contributed by atoms with Crippen LogP contribution in [0.4, 0.5) is 0 Å². The van der Waals surface area contributed by atoms with E-state index in [1.54, 1.807) is 0 Å². The molecule has 0 unspecified atom stereocenters. The van der Waals surface area contributed by atoms with E-state index in [0.29, 0.717) is 0 Å². The van der Waals surface area contributed by atoms with Crippen LogP contribution in [0.1, 0.15) is 20.3 Å². The van der Waals surface area contributed by atoms with Crippen molar-refractivity contribution in [3.63, 3.8) is 0 Å². The van der Waals surface area contributed by atoms with Gasteiger partial charge in [0.05, 0.1) is 45.2 Å². The van der Waals surface area contributed by atoms with Gasteiger partial charge in [0.25, 0.3) is 5.79 Å². The van der Waals surface area contributed by atoms with Crippen molar-refractivity contribution in [3.05, 3.63) is 0 Å². The summed E-state index contributed by atoms with van der Waals surface area (Å²) in [5, 5.41) is 185. The standard InChI is InChI=1S/C37H62N2O29/c1-9(45)38-17-11(47)3-37(36(58)59,67-30(17)19(49)12(48)4-40)68-31-26(56)35(65-28-14(6-42)60-32(57)24(54)23(28)53)63-16(8-44)29(31)66-33-18(39-10(2)46)21(51)27(15(7-43)62-33)64-34-25(55)22(52)20(50)13(5-41)61-34/h11-35,40-44,47-57H,3-8H2,1-2H3,(H,38,45)(H,39,46)(H,58,59)/t11-,12+,13+,14+,15+,16+,17+,18+,19+,20-,21+,22-,23+,24+,25+,26+,27+,28+,29-,30+,31+,32+,33-,34-,35-,37-/m0/s1. The van der Waals surface area contributed by atoms with E-state index in [0.717, 1.165) is 13.8 Å². The molecule has 19 N–H and O–H groups in total. The third kappa shape index (κ3) is 11.8. The van der Waals surface area contributed by atoms with Gasteiger partial charge in [-0.05, 0) is 0 Å². The first-order chi connectivity index (χ1) is 32.0. The zero-order valence-corrected chi connectivity index (χ0v) is 36.2. The zero-order valence-electron chi connectivity index (χ0n) is 36.2. The van der Waals surface area contributed by atoms with Gasteiger partial charge in [-0.2, -0.15) is 0 Å². The molecule has 394 valence electrons. The summed E-state index contributed by atoms with van der Waals surface area (Å²) >= 11 is 0. The highest BCUT2D eigenvalue weighted by Crippen LogP contribution is 2.40. The average molecular weight is 999 g/mol. The second-order valence-electron chi connectivity index (χ2n) is 16.8. The molecule has 5 aliphatic rings. The van der Waals surface area contributed by atoms with E-state index in [1.807, 2.05) is 0 Å². The first kappa shape index (κ1) is 56.3. The van der Waals surface area contributed by atoms with Crippen molar-refractivity contribution in [2.75, 3.05) is 33.0 Å². The molecule has 31 heteroatoms. The maximum Gasteiger partial charge on any atom is 0.364 e.